The van der Waals surface area contributed by atoms with Gasteiger partial charge in [0.2, 0.25) is 5.91 Å². The first-order valence-electron chi connectivity index (χ1n) is 14.7. The number of hydrogen-bond acceptors (Lipinski definition) is 6. The monoisotopic (exact) mass is 658 g/mol. The zero-order chi connectivity index (χ0) is 33.9. The fourth-order valence-corrected chi connectivity index (χ4v) is 5.07. The number of ether oxygens (including phenoxy) is 2. The van der Waals surface area contributed by atoms with E-state index >= 15 is 0 Å². The smallest absolute Gasteiger partial charge is 0.444 e. The van der Waals surface area contributed by atoms with Crippen LogP contribution < -0.4 is 25.2 Å². The minimum atomic E-state index is -5.04. The molecule has 0 unspecified atom stereocenters. The van der Waals surface area contributed by atoms with Crippen molar-refractivity contribution in [3.8, 4) is 5.75 Å². The van der Waals surface area contributed by atoms with Crippen molar-refractivity contribution in [3.05, 3.63) is 54.1 Å². The van der Waals surface area contributed by atoms with Gasteiger partial charge < -0.3 is 29.9 Å². The predicted molar refractivity (Wildman–Crippen MR) is 156 cm³/mol. The van der Waals surface area contributed by atoms with Crippen LogP contribution in [-0.4, -0.2) is 67.8 Å². The number of alkyl carbamates (subject to hydrolysis) is 1. The van der Waals surface area contributed by atoms with Gasteiger partial charge in [-0.3, -0.25) is 9.59 Å². The number of para-hydroxylation sites is 3. The maximum atomic E-state index is 13.9. The molecule has 0 spiro atoms. The Hall–Kier alpha value is -4.17. The number of alkyl halides is 6. The molecule has 9 nitrogen and oxygen atoms in total. The van der Waals surface area contributed by atoms with Gasteiger partial charge in [-0.25, -0.2) is 4.79 Å². The van der Waals surface area contributed by atoms with Crippen molar-refractivity contribution in [3.63, 3.8) is 0 Å². The number of nitrogens with zero attached hydrogens (tertiary/aromatic N) is 2. The fraction of sp³-hybridized carbons (Fsp3) is 0.516. The van der Waals surface area contributed by atoms with Crippen molar-refractivity contribution in [2.75, 3.05) is 29.4 Å². The Balaban J connectivity index is 1.65. The first kappa shape index (κ1) is 34.7. The Morgan fingerprint density at radius 3 is 2.20 bits per heavy atom. The summed E-state index contributed by atoms with van der Waals surface area (Å²) < 4.78 is 88.7. The zero-order valence-electron chi connectivity index (χ0n) is 25.5. The summed E-state index contributed by atoms with van der Waals surface area (Å²) in [7, 11) is 0. The highest BCUT2D eigenvalue weighted by molar-refractivity contribution is 6.04. The lowest BCUT2D eigenvalue weighted by molar-refractivity contribution is -0.274. The number of halogens is 6. The van der Waals surface area contributed by atoms with E-state index in [2.05, 4.69) is 15.4 Å². The summed E-state index contributed by atoms with van der Waals surface area (Å²) in [5, 5.41) is 4.93. The molecular formula is C31H36F6N4O5. The van der Waals surface area contributed by atoms with Crippen molar-refractivity contribution in [1.29, 1.82) is 0 Å². The van der Waals surface area contributed by atoms with Crippen LogP contribution in [0.4, 0.5) is 42.5 Å². The SMILES string of the molecule is CC(C)(C)OC(=O)N[C@H](Cc1ccccc1OC(F)(F)F)C(=O)N[C@@H]1CN(CC2CC2)c2ccccc2N(CCC(F)(F)F)C1=O. The van der Waals surface area contributed by atoms with E-state index in [0.29, 0.717) is 18.2 Å². The van der Waals surface area contributed by atoms with Gasteiger partial charge in [0.05, 0.1) is 17.8 Å². The van der Waals surface area contributed by atoms with Gasteiger partial charge in [0, 0.05) is 26.1 Å². The van der Waals surface area contributed by atoms with Crippen LogP contribution in [0.25, 0.3) is 0 Å². The van der Waals surface area contributed by atoms with Gasteiger partial charge in [0.25, 0.3) is 5.91 Å². The number of carbonyl (C=O) groups is 3. The molecule has 2 aromatic rings. The molecule has 46 heavy (non-hydrogen) atoms. The molecule has 4 rings (SSSR count). The number of benzene rings is 2. The van der Waals surface area contributed by atoms with E-state index in [9.17, 15) is 40.7 Å². The number of carbonyl (C=O) groups excluding carboxylic acids is 3. The minimum absolute atomic E-state index is 0.0854. The summed E-state index contributed by atoms with van der Waals surface area (Å²) in [6.45, 7) is 4.41. The quantitative estimate of drug-likeness (QED) is 0.317. The summed E-state index contributed by atoms with van der Waals surface area (Å²) >= 11 is 0. The summed E-state index contributed by atoms with van der Waals surface area (Å²) in [5.41, 5.74) is -0.287. The normalized spacial score (nSPS) is 17.9. The zero-order valence-corrected chi connectivity index (χ0v) is 25.5. The third-order valence-corrected chi connectivity index (χ3v) is 7.22. The molecule has 2 atom stereocenters. The molecule has 2 N–H and O–H groups in total. The van der Waals surface area contributed by atoms with Gasteiger partial charge in [0.15, 0.2) is 0 Å². The fourth-order valence-electron chi connectivity index (χ4n) is 5.07. The van der Waals surface area contributed by atoms with E-state index in [1.165, 1.54) is 24.3 Å². The highest BCUT2D eigenvalue weighted by atomic mass is 19.4. The van der Waals surface area contributed by atoms with Crippen LogP contribution in [-0.2, 0) is 20.7 Å². The average molecular weight is 659 g/mol. The van der Waals surface area contributed by atoms with E-state index in [-0.39, 0.29) is 17.8 Å². The lowest BCUT2D eigenvalue weighted by Gasteiger charge is -2.28. The Morgan fingerprint density at radius 1 is 0.957 bits per heavy atom. The second-order valence-electron chi connectivity index (χ2n) is 12.3. The van der Waals surface area contributed by atoms with Gasteiger partial charge >= 0.3 is 18.6 Å². The summed E-state index contributed by atoms with van der Waals surface area (Å²) in [6.07, 6.45) is -10.6. The Kier molecular flexibility index (Phi) is 10.3. The van der Waals surface area contributed by atoms with Crippen LogP contribution in [0, 0.1) is 5.92 Å². The molecule has 252 valence electrons. The number of amides is 3. The molecule has 0 aromatic heterocycles. The first-order chi connectivity index (χ1) is 21.4. The molecule has 1 aliphatic carbocycles. The predicted octanol–water partition coefficient (Wildman–Crippen LogP) is 5.72. The highest BCUT2D eigenvalue weighted by Gasteiger charge is 2.40. The van der Waals surface area contributed by atoms with Gasteiger partial charge in [-0.1, -0.05) is 30.3 Å². The van der Waals surface area contributed by atoms with Crippen LogP contribution in [0.3, 0.4) is 0 Å². The molecule has 1 saturated carbocycles. The number of hydrogen-bond donors (Lipinski definition) is 2. The van der Waals surface area contributed by atoms with Crippen LogP contribution >= 0.6 is 0 Å². The maximum Gasteiger partial charge on any atom is 0.573 e. The highest BCUT2D eigenvalue weighted by Crippen LogP contribution is 2.38. The molecule has 15 heteroatoms. The molecule has 1 aliphatic heterocycles. The molecule has 2 aliphatic rings. The third kappa shape index (κ3) is 10.2. The van der Waals surface area contributed by atoms with E-state index in [1.54, 1.807) is 39.0 Å². The number of fused-ring (bicyclic) bond motifs is 1. The number of nitrogens with one attached hydrogen (secondary N) is 2. The Bertz CT molecular complexity index is 1410. The van der Waals surface area contributed by atoms with Gasteiger partial charge in [-0.15, -0.1) is 13.2 Å². The number of rotatable bonds is 10. The second kappa shape index (κ2) is 13.7. The number of anilines is 2. The topological polar surface area (TPSA) is 100 Å². The van der Waals surface area contributed by atoms with Crippen LogP contribution in [0.15, 0.2) is 48.5 Å². The molecule has 0 radical (unpaired) electrons. The van der Waals surface area contributed by atoms with Crippen molar-refractivity contribution in [2.24, 2.45) is 5.92 Å². The third-order valence-electron chi connectivity index (χ3n) is 7.22. The maximum absolute atomic E-state index is 13.9. The lowest BCUT2D eigenvalue weighted by Crippen LogP contribution is -2.57. The van der Waals surface area contributed by atoms with E-state index < -0.39 is 73.3 Å². The Morgan fingerprint density at radius 2 is 1.59 bits per heavy atom. The molecular weight excluding hydrogens is 622 g/mol. The van der Waals surface area contributed by atoms with Crippen molar-refractivity contribution >= 4 is 29.3 Å². The van der Waals surface area contributed by atoms with Gasteiger partial charge in [-0.05, 0) is 63.3 Å². The average Bonchev–Trinajstić information content (AvgIpc) is 3.75. The van der Waals surface area contributed by atoms with Gasteiger partial charge in [0.1, 0.15) is 23.4 Å². The first-order valence-corrected chi connectivity index (χ1v) is 14.7. The van der Waals surface area contributed by atoms with Crippen LogP contribution in [0.1, 0.15) is 45.6 Å². The van der Waals surface area contributed by atoms with Crippen molar-refractivity contribution in [2.45, 2.75) is 76.7 Å². The molecule has 2 aromatic carbocycles. The van der Waals surface area contributed by atoms with Gasteiger partial charge in [-0.2, -0.15) is 13.2 Å². The largest absolute Gasteiger partial charge is 0.573 e. The summed E-state index contributed by atoms with van der Waals surface area (Å²) in [4.78, 5) is 43.2. The molecule has 1 fully saturated rings. The second-order valence-corrected chi connectivity index (χ2v) is 12.3. The van der Waals surface area contributed by atoms with E-state index in [4.69, 9.17) is 4.74 Å². The van der Waals surface area contributed by atoms with Crippen molar-refractivity contribution < 1.29 is 50.2 Å². The molecule has 0 bridgehead atoms. The summed E-state index contributed by atoms with van der Waals surface area (Å²) in [5.74, 6) is -2.07. The van der Waals surface area contributed by atoms with Crippen LogP contribution in [0.2, 0.25) is 0 Å². The minimum Gasteiger partial charge on any atom is -0.444 e. The Labute approximate surface area is 262 Å². The molecule has 0 saturated heterocycles. The molecule has 3 amide bonds. The van der Waals surface area contributed by atoms with Crippen molar-refractivity contribution in [1.82, 2.24) is 10.6 Å². The lowest BCUT2D eigenvalue weighted by atomic mass is 10.0. The summed E-state index contributed by atoms with van der Waals surface area (Å²) in [6, 6.07) is 8.65. The molecule has 1 heterocycles. The standard InChI is InChI=1S/C31H36F6N4O5/c1-29(2,3)46-28(44)39-21(16-20-8-4-7-11-25(20)45-31(35,36)37)26(42)38-22-18-40(17-19-12-13-19)23-9-5-6-10-24(23)41(27(22)43)15-14-30(32,33)34/h4-11,19,21-22H,12-18H2,1-3H3,(H,38,42)(H,39,44)/t21-,22-/m1/s1. The van der Waals surface area contributed by atoms with E-state index in [0.717, 1.165) is 23.8 Å². The van der Waals surface area contributed by atoms with Crippen LogP contribution in [0.5, 0.6) is 5.75 Å². The van der Waals surface area contributed by atoms with E-state index in [1.807, 2.05) is 4.90 Å².